The number of aliphatic imine (C=N–C) groups is 1. The zero-order chi connectivity index (χ0) is 13.1. The molecule has 0 aromatic carbocycles. The summed E-state index contributed by atoms with van der Waals surface area (Å²) in [6.45, 7) is 1.92. The third-order valence-corrected chi connectivity index (χ3v) is 2.72. The first kappa shape index (κ1) is 12.3. The molecule has 0 radical (unpaired) electrons. The smallest absolute Gasteiger partial charge is 0.310 e. The normalized spacial score (nSPS) is 21.7. The van der Waals surface area contributed by atoms with Crippen molar-refractivity contribution in [3.63, 3.8) is 0 Å². The number of hydrogen-bond donors (Lipinski definition) is 1. The van der Waals surface area contributed by atoms with Crippen LogP contribution >= 0.6 is 0 Å². The molecule has 2 rings (SSSR count). The lowest BCUT2D eigenvalue weighted by molar-refractivity contribution is -0.142. The molecule has 1 heterocycles. The summed E-state index contributed by atoms with van der Waals surface area (Å²) >= 11 is 0. The van der Waals surface area contributed by atoms with E-state index in [1.165, 1.54) is 0 Å². The van der Waals surface area contributed by atoms with Crippen LogP contribution in [0.2, 0.25) is 0 Å². The van der Waals surface area contributed by atoms with Crippen LogP contribution in [0.25, 0.3) is 0 Å². The summed E-state index contributed by atoms with van der Waals surface area (Å²) in [7, 11) is 0. The van der Waals surface area contributed by atoms with Gasteiger partial charge in [0.05, 0.1) is 30.2 Å². The molecule has 0 saturated heterocycles. The van der Waals surface area contributed by atoms with Crippen LogP contribution in [0.4, 0.5) is 0 Å². The van der Waals surface area contributed by atoms with Crippen molar-refractivity contribution < 1.29 is 19.4 Å². The Hall–Kier alpha value is -2.17. The number of hydrogen-bond acceptors (Lipinski definition) is 4. The summed E-state index contributed by atoms with van der Waals surface area (Å²) in [5.74, 6) is -1.66. The van der Waals surface area contributed by atoms with Crippen LogP contribution < -0.4 is 0 Å². The van der Waals surface area contributed by atoms with Crippen molar-refractivity contribution >= 4 is 17.6 Å². The first-order valence-electron chi connectivity index (χ1n) is 5.69. The number of carbonyl (C=O) groups is 2. The molecular formula is C13H13NO4. The van der Waals surface area contributed by atoms with Gasteiger partial charge in [-0.2, -0.15) is 0 Å². The zero-order valence-corrected chi connectivity index (χ0v) is 9.92. The summed E-state index contributed by atoms with van der Waals surface area (Å²) in [4.78, 5) is 27.0. The van der Waals surface area contributed by atoms with E-state index in [0.717, 1.165) is 0 Å². The van der Waals surface area contributed by atoms with E-state index in [-0.39, 0.29) is 24.4 Å². The van der Waals surface area contributed by atoms with E-state index >= 15 is 0 Å². The molecule has 1 aliphatic heterocycles. The molecule has 0 bridgehead atoms. The van der Waals surface area contributed by atoms with Gasteiger partial charge in [-0.15, -0.1) is 0 Å². The van der Waals surface area contributed by atoms with Crippen LogP contribution in [0.3, 0.4) is 0 Å². The lowest BCUT2D eigenvalue weighted by atomic mass is 9.90. The Bertz CT molecular complexity index is 511. The van der Waals surface area contributed by atoms with E-state index < -0.39 is 17.8 Å². The van der Waals surface area contributed by atoms with Gasteiger partial charge in [-0.1, -0.05) is 18.2 Å². The number of dihydropyridines is 1. The quantitative estimate of drug-likeness (QED) is 0.766. The molecule has 5 heteroatoms. The molecule has 0 saturated carbocycles. The van der Waals surface area contributed by atoms with Crippen LogP contribution in [0.5, 0.6) is 0 Å². The fourth-order valence-corrected chi connectivity index (χ4v) is 1.87. The SMILES string of the molecule is CCOC(=O)CC1=C(O)C2C=CC=CC2=NC1=O. The number of nitrogens with zero attached hydrogens (tertiary/aromatic N) is 1. The van der Waals surface area contributed by atoms with E-state index in [1.807, 2.05) is 0 Å². The molecule has 0 aromatic heterocycles. The fraction of sp³-hybridized carbons (Fsp3) is 0.308. The first-order valence-corrected chi connectivity index (χ1v) is 5.69. The van der Waals surface area contributed by atoms with Gasteiger partial charge in [0.15, 0.2) is 0 Å². The number of carbonyl (C=O) groups excluding carboxylic acids is 2. The third-order valence-electron chi connectivity index (χ3n) is 2.72. The molecule has 1 atom stereocenters. The van der Waals surface area contributed by atoms with Crippen LogP contribution in [0, 0.1) is 5.92 Å². The molecule has 1 N–H and O–H groups in total. The fourth-order valence-electron chi connectivity index (χ4n) is 1.87. The van der Waals surface area contributed by atoms with Gasteiger partial charge >= 0.3 is 5.97 Å². The Balaban J connectivity index is 2.25. The Morgan fingerprint density at radius 3 is 3.00 bits per heavy atom. The highest BCUT2D eigenvalue weighted by Crippen LogP contribution is 2.27. The summed E-state index contributed by atoms with van der Waals surface area (Å²) < 4.78 is 4.76. The summed E-state index contributed by atoms with van der Waals surface area (Å²) in [5.41, 5.74) is 0.509. The number of aliphatic hydroxyl groups excluding tert-OH is 1. The van der Waals surface area contributed by atoms with Crippen LogP contribution in [0.15, 0.2) is 40.6 Å². The maximum absolute atomic E-state index is 11.7. The molecular weight excluding hydrogens is 234 g/mol. The molecule has 94 valence electrons. The second-order valence-electron chi connectivity index (χ2n) is 3.91. The predicted octanol–water partition coefficient (Wildman–Crippen LogP) is 1.48. The summed E-state index contributed by atoms with van der Waals surface area (Å²) in [6, 6.07) is 0. The average Bonchev–Trinajstić information content (AvgIpc) is 2.35. The minimum Gasteiger partial charge on any atom is -0.511 e. The summed E-state index contributed by atoms with van der Waals surface area (Å²) in [6.07, 6.45) is 6.65. The average molecular weight is 247 g/mol. The predicted molar refractivity (Wildman–Crippen MR) is 65.1 cm³/mol. The van der Waals surface area contributed by atoms with Crippen molar-refractivity contribution in [1.29, 1.82) is 0 Å². The molecule has 1 unspecified atom stereocenters. The first-order chi connectivity index (χ1) is 8.63. The minimum atomic E-state index is -0.577. The van der Waals surface area contributed by atoms with Crippen molar-refractivity contribution in [3.05, 3.63) is 35.6 Å². The maximum Gasteiger partial charge on any atom is 0.310 e. The van der Waals surface area contributed by atoms with E-state index in [2.05, 4.69) is 4.99 Å². The molecule has 0 aromatic rings. The standard InChI is InChI=1S/C13H13NO4/c1-2-18-11(15)7-9-12(16)8-5-3-4-6-10(8)14-13(9)17/h3-6,8,16H,2,7H2,1H3. The number of allylic oxidation sites excluding steroid dienone is 4. The van der Waals surface area contributed by atoms with Gasteiger partial charge < -0.3 is 9.84 Å². The van der Waals surface area contributed by atoms with Crippen molar-refractivity contribution in [3.8, 4) is 0 Å². The van der Waals surface area contributed by atoms with Gasteiger partial charge in [0, 0.05) is 0 Å². The number of esters is 1. The van der Waals surface area contributed by atoms with E-state index in [1.54, 1.807) is 31.2 Å². The maximum atomic E-state index is 11.7. The molecule has 2 aliphatic rings. The molecule has 0 spiro atoms. The number of amides is 1. The molecule has 1 aliphatic carbocycles. The Morgan fingerprint density at radius 2 is 2.28 bits per heavy atom. The lowest BCUT2D eigenvalue weighted by Crippen LogP contribution is -2.26. The molecule has 5 nitrogen and oxygen atoms in total. The van der Waals surface area contributed by atoms with E-state index in [0.29, 0.717) is 5.71 Å². The Labute approximate surface area is 104 Å². The number of rotatable bonds is 3. The Morgan fingerprint density at radius 1 is 1.50 bits per heavy atom. The second kappa shape index (κ2) is 5.00. The Kier molecular flexibility index (Phi) is 3.41. The molecule has 18 heavy (non-hydrogen) atoms. The zero-order valence-electron chi connectivity index (χ0n) is 9.92. The highest BCUT2D eigenvalue weighted by Gasteiger charge is 2.31. The van der Waals surface area contributed by atoms with Gasteiger partial charge in [0.1, 0.15) is 5.76 Å². The largest absolute Gasteiger partial charge is 0.511 e. The van der Waals surface area contributed by atoms with Gasteiger partial charge in [0.25, 0.3) is 5.91 Å². The van der Waals surface area contributed by atoms with Crippen molar-refractivity contribution in [2.45, 2.75) is 13.3 Å². The number of fused-ring (bicyclic) bond motifs is 1. The van der Waals surface area contributed by atoms with Crippen molar-refractivity contribution in [1.82, 2.24) is 0 Å². The lowest BCUT2D eigenvalue weighted by Gasteiger charge is -2.21. The highest BCUT2D eigenvalue weighted by molar-refractivity contribution is 6.14. The van der Waals surface area contributed by atoms with Gasteiger partial charge in [0.2, 0.25) is 0 Å². The number of aliphatic hydroxyl groups is 1. The van der Waals surface area contributed by atoms with Gasteiger partial charge in [-0.05, 0) is 13.0 Å². The van der Waals surface area contributed by atoms with Crippen LogP contribution in [-0.4, -0.2) is 29.3 Å². The van der Waals surface area contributed by atoms with Crippen molar-refractivity contribution in [2.24, 2.45) is 10.9 Å². The highest BCUT2D eigenvalue weighted by atomic mass is 16.5. The topological polar surface area (TPSA) is 76.0 Å². The minimum absolute atomic E-state index is 0.0159. The van der Waals surface area contributed by atoms with Crippen LogP contribution in [0.1, 0.15) is 13.3 Å². The van der Waals surface area contributed by atoms with Gasteiger partial charge in [-0.25, -0.2) is 4.99 Å². The molecule has 0 fully saturated rings. The molecule has 1 amide bonds. The number of ether oxygens (including phenoxy) is 1. The second-order valence-corrected chi connectivity index (χ2v) is 3.91. The van der Waals surface area contributed by atoms with E-state index in [4.69, 9.17) is 4.74 Å². The van der Waals surface area contributed by atoms with Gasteiger partial charge in [-0.3, -0.25) is 9.59 Å². The monoisotopic (exact) mass is 247 g/mol. The third kappa shape index (κ3) is 2.25. The summed E-state index contributed by atoms with van der Waals surface area (Å²) in [5, 5.41) is 10.0. The van der Waals surface area contributed by atoms with E-state index in [9.17, 15) is 14.7 Å². The van der Waals surface area contributed by atoms with Crippen LogP contribution in [-0.2, 0) is 14.3 Å². The van der Waals surface area contributed by atoms with Crippen molar-refractivity contribution in [2.75, 3.05) is 6.61 Å².